The highest BCUT2D eigenvalue weighted by molar-refractivity contribution is 5.73. The molecular weight excluding hydrogens is 272 g/mol. The van der Waals surface area contributed by atoms with E-state index in [1.807, 2.05) is 32.0 Å². The summed E-state index contributed by atoms with van der Waals surface area (Å²) in [6.07, 6.45) is 0.458. The van der Waals surface area contributed by atoms with E-state index in [-0.39, 0.29) is 5.69 Å². The van der Waals surface area contributed by atoms with Gasteiger partial charge in [-0.15, -0.1) is 0 Å². The molecule has 2 aromatic rings. The minimum absolute atomic E-state index is 0.152. The average molecular weight is 286 g/mol. The maximum absolute atomic E-state index is 10.9. The van der Waals surface area contributed by atoms with Gasteiger partial charge in [-0.1, -0.05) is 6.07 Å². The van der Waals surface area contributed by atoms with Crippen LogP contribution in [0.2, 0.25) is 0 Å². The van der Waals surface area contributed by atoms with Crippen molar-refractivity contribution in [3.05, 3.63) is 57.6 Å². The van der Waals surface area contributed by atoms with E-state index in [0.29, 0.717) is 23.6 Å². The molecule has 0 saturated heterocycles. The quantitative estimate of drug-likeness (QED) is 0.517. The second-order valence-corrected chi connectivity index (χ2v) is 4.66. The highest BCUT2D eigenvalue weighted by atomic mass is 16.6. The third-order valence-corrected chi connectivity index (χ3v) is 2.76. The maximum Gasteiger partial charge on any atom is 0.275 e. The van der Waals surface area contributed by atoms with E-state index in [1.54, 1.807) is 0 Å². The Hall–Kier alpha value is -2.89. The largest absolute Gasteiger partial charge is 0.457 e. The number of aryl methyl sites for hydroxylation is 2. The summed E-state index contributed by atoms with van der Waals surface area (Å²) in [5.74, 6) is 0.878. The van der Waals surface area contributed by atoms with Crippen LogP contribution in [0.3, 0.4) is 0 Å². The van der Waals surface area contributed by atoms with Crippen LogP contribution in [0, 0.1) is 24.0 Å². The van der Waals surface area contributed by atoms with Crippen LogP contribution in [0.25, 0.3) is 0 Å². The first kappa shape index (κ1) is 14.5. The Balaban J connectivity index is 2.37. The van der Waals surface area contributed by atoms with Gasteiger partial charge < -0.3 is 10.1 Å². The number of nitrogens with one attached hydrogen (secondary N) is 1. The van der Waals surface area contributed by atoms with Crippen LogP contribution < -0.4 is 10.1 Å². The number of amides is 1. The number of benzene rings is 2. The number of hydrogen-bond donors (Lipinski definition) is 1. The minimum Gasteiger partial charge on any atom is -0.457 e. The lowest BCUT2D eigenvalue weighted by Gasteiger charge is -2.09. The summed E-state index contributed by atoms with van der Waals surface area (Å²) in [5, 5.41) is 13.3. The summed E-state index contributed by atoms with van der Waals surface area (Å²) in [5.41, 5.74) is 2.21. The monoisotopic (exact) mass is 286 g/mol. The van der Waals surface area contributed by atoms with Gasteiger partial charge in [0.25, 0.3) is 5.69 Å². The molecule has 0 unspecified atom stereocenters. The predicted molar refractivity (Wildman–Crippen MR) is 78.8 cm³/mol. The number of nitrogens with zero attached hydrogens (tertiary/aromatic N) is 1. The molecule has 0 bridgehead atoms. The molecule has 0 heterocycles. The van der Waals surface area contributed by atoms with Gasteiger partial charge in [0, 0.05) is 12.1 Å². The van der Waals surface area contributed by atoms with Gasteiger partial charge >= 0.3 is 0 Å². The van der Waals surface area contributed by atoms with Crippen molar-refractivity contribution in [1.82, 2.24) is 0 Å². The van der Waals surface area contributed by atoms with Crippen molar-refractivity contribution >= 4 is 17.8 Å². The van der Waals surface area contributed by atoms with Crippen molar-refractivity contribution in [3.63, 3.8) is 0 Å². The summed E-state index contributed by atoms with van der Waals surface area (Å²) < 4.78 is 5.66. The SMILES string of the molecule is Cc1cc(C)cc(Oc2cc(NC=O)cc([N+](=O)[O-])c2)c1. The van der Waals surface area contributed by atoms with Gasteiger partial charge in [0.2, 0.25) is 6.41 Å². The number of anilines is 1. The van der Waals surface area contributed by atoms with Gasteiger partial charge in [0.05, 0.1) is 16.7 Å². The van der Waals surface area contributed by atoms with E-state index in [4.69, 9.17) is 4.74 Å². The fourth-order valence-corrected chi connectivity index (χ4v) is 2.03. The third-order valence-electron chi connectivity index (χ3n) is 2.76. The first-order valence-corrected chi connectivity index (χ1v) is 6.24. The number of carbonyl (C=O) groups excluding carboxylic acids is 1. The molecule has 0 atom stereocenters. The number of hydrogen-bond acceptors (Lipinski definition) is 4. The molecule has 6 heteroatoms. The first-order chi connectivity index (χ1) is 9.97. The molecule has 0 aliphatic heterocycles. The summed E-state index contributed by atoms with van der Waals surface area (Å²) in [6.45, 7) is 3.87. The Morgan fingerprint density at radius 2 is 1.67 bits per heavy atom. The van der Waals surface area contributed by atoms with Crippen LogP contribution in [0.4, 0.5) is 11.4 Å². The van der Waals surface area contributed by atoms with Crippen LogP contribution in [0.15, 0.2) is 36.4 Å². The molecular formula is C15H14N2O4. The standard InChI is InChI=1S/C15H14N2O4/c1-10-3-11(2)5-14(4-10)21-15-7-12(16-9-18)6-13(8-15)17(19)20/h3-9H,1-2H3,(H,16,18). The van der Waals surface area contributed by atoms with Gasteiger partial charge in [-0.05, 0) is 37.1 Å². The van der Waals surface area contributed by atoms with Crippen molar-refractivity contribution in [3.8, 4) is 11.5 Å². The number of nitro benzene ring substituents is 1. The zero-order valence-corrected chi connectivity index (χ0v) is 11.6. The molecule has 1 N–H and O–H groups in total. The van der Waals surface area contributed by atoms with Crippen LogP contribution in [0.5, 0.6) is 11.5 Å². The molecule has 0 aliphatic rings. The van der Waals surface area contributed by atoms with E-state index < -0.39 is 4.92 Å². The zero-order chi connectivity index (χ0) is 15.4. The number of carbonyl (C=O) groups is 1. The summed E-state index contributed by atoms with van der Waals surface area (Å²) in [7, 11) is 0. The van der Waals surface area contributed by atoms with E-state index in [9.17, 15) is 14.9 Å². The highest BCUT2D eigenvalue weighted by Crippen LogP contribution is 2.30. The molecule has 21 heavy (non-hydrogen) atoms. The van der Waals surface area contributed by atoms with Crippen LogP contribution in [-0.4, -0.2) is 11.3 Å². The zero-order valence-electron chi connectivity index (χ0n) is 11.6. The molecule has 108 valence electrons. The Kier molecular flexibility index (Phi) is 4.18. The number of ether oxygens (including phenoxy) is 1. The smallest absolute Gasteiger partial charge is 0.275 e. The normalized spacial score (nSPS) is 10.0. The molecule has 0 radical (unpaired) electrons. The molecule has 0 aliphatic carbocycles. The number of rotatable bonds is 5. The molecule has 0 saturated carbocycles. The van der Waals surface area contributed by atoms with Crippen molar-refractivity contribution in [2.45, 2.75) is 13.8 Å². The summed E-state index contributed by atoms with van der Waals surface area (Å²) >= 11 is 0. The van der Waals surface area contributed by atoms with E-state index in [1.165, 1.54) is 18.2 Å². The second-order valence-electron chi connectivity index (χ2n) is 4.66. The van der Waals surface area contributed by atoms with E-state index in [0.717, 1.165) is 11.1 Å². The lowest BCUT2D eigenvalue weighted by atomic mass is 10.1. The van der Waals surface area contributed by atoms with Crippen molar-refractivity contribution in [2.24, 2.45) is 0 Å². The fourth-order valence-electron chi connectivity index (χ4n) is 2.03. The average Bonchev–Trinajstić information content (AvgIpc) is 2.37. The number of nitro groups is 1. The second kappa shape index (κ2) is 6.04. The van der Waals surface area contributed by atoms with Gasteiger partial charge in [-0.3, -0.25) is 14.9 Å². The van der Waals surface area contributed by atoms with Crippen LogP contribution >= 0.6 is 0 Å². The Bertz CT molecular complexity index is 678. The third kappa shape index (κ3) is 3.79. The Morgan fingerprint density at radius 1 is 1.05 bits per heavy atom. The molecule has 6 nitrogen and oxygen atoms in total. The summed E-state index contributed by atoms with van der Waals surface area (Å²) in [4.78, 5) is 20.9. The molecule has 2 rings (SSSR count). The van der Waals surface area contributed by atoms with Crippen molar-refractivity contribution in [2.75, 3.05) is 5.32 Å². The molecule has 0 aromatic heterocycles. The van der Waals surface area contributed by atoms with E-state index >= 15 is 0 Å². The Labute approximate surface area is 121 Å². The molecule has 0 spiro atoms. The van der Waals surface area contributed by atoms with Gasteiger partial charge in [-0.25, -0.2) is 0 Å². The van der Waals surface area contributed by atoms with Crippen molar-refractivity contribution < 1.29 is 14.5 Å². The van der Waals surface area contributed by atoms with Crippen LogP contribution in [0.1, 0.15) is 11.1 Å². The lowest BCUT2D eigenvalue weighted by molar-refractivity contribution is -0.384. The molecule has 2 aromatic carbocycles. The molecule has 0 fully saturated rings. The highest BCUT2D eigenvalue weighted by Gasteiger charge is 2.11. The maximum atomic E-state index is 10.9. The fraction of sp³-hybridized carbons (Fsp3) is 0.133. The van der Waals surface area contributed by atoms with E-state index in [2.05, 4.69) is 5.32 Å². The van der Waals surface area contributed by atoms with Gasteiger partial charge in [0.15, 0.2) is 0 Å². The predicted octanol–water partition coefficient (Wildman–Crippen LogP) is 3.57. The van der Waals surface area contributed by atoms with Gasteiger partial charge in [0.1, 0.15) is 11.5 Å². The topological polar surface area (TPSA) is 81.5 Å². The van der Waals surface area contributed by atoms with Crippen LogP contribution in [-0.2, 0) is 4.79 Å². The first-order valence-electron chi connectivity index (χ1n) is 6.24. The summed E-state index contributed by atoms with van der Waals surface area (Å²) in [6, 6.07) is 9.77. The Morgan fingerprint density at radius 3 is 2.24 bits per heavy atom. The van der Waals surface area contributed by atoms with Crippen molar-refractivity contribution in [1.29, 1.82) is 0 Å². The lowest BCUT2D eigenvalue weighted by Crippen LogP contribution is -1.97. The minimum atomic E-state index is -0.537. The number of non-ortho nitro benzene ring substituents is 1. The van der Waals surface area contributed by atoms with Gasteiger partial charge in [-0.2, -0.15) is 0 Å². The molecule has 1 amide bonds.